The van der Waals surface area contributed by atoms with Gasteiger partial charge in [-0.15, -0.1) is 0 Å². The summed E-state index contributed by atoms with van der Waals surface area (Å²) in [5.41, 5.74) is 1.46. The summed E-state index contributed by atoms with van der Waals surface area (Å²) in [4.78, 5) is 0. The maximum absolute atomic E-state index is 13.1. The van der Waals surface area contributed by atoms with Crippen molar-refractivity contribution in [3.8, 4) is 6.07 Å². The summed E-state index contributed by atoms with van der Waals surface area (Å²) in [6.07, 6.45) is -1.88. The Labute approximate surface area is 123 Å². The molecule has 1 aliphatic carbocycles. The molecule has 1 fully saturated rings. The van der Waals surface area contributed by atoms with E-state index in [4.69, 9.17) is 5.26 Å². The quantitative estimate of drug-likeness (QED) is 0.901. The van der Waals surface area contributed by atoms with E-state index < -0.39 is 18.1 Å². The Morgan fingerprint density at radius 3 is 2.38 bits per heavy atom. The fourth-order valence-electron chi connectivity index (χ4n) is 2.99. The van der Waals surface area contributed by atoms with E-state index in [0.29, 0.717) is 18.4 Å². The molecular weight excluding hydrogens is 277 g/mol. The molecule has 1 aliphatic rings. The van der Waals surface area contributed by atoms with Crippen molar-refractivity contribution in [2.75, 3.05) is 0 Å². The number of nitrogens with zero attached hydrogens (tertiary/aromatic N) is 1. The first-order valence-electron chi connectivity index (χ1n) is 7.24. The lowest BCUT2D eigenvalue weighted by Gasteiger charge is -2.35. The van der Waals surface area contributed by atoms with Crippen LogP contribution in [-0.2, 0) is 0 Å². The average Bonchev–Trinajstić information content (AvgIpc) is 2.47. The van der Waals surface area contributed by atoms with Crippen LogP contribution in [0.4, 0.5) is 13.2 Å². The zero-order chi connectivity index (χ0) is 15.5. The molecule has 1 N–H and O–H groups in total. The van der Waals surface area contributed by atoms with Gasteiger partial charge in [-0.05, 0) is 37.5 Å². The molecule has 21 heavy (non-hydrogen) atoms. The van der Waals surface area contributed by atoms with Crippen LogP contribution in [0.2, 0.25) is 0 Å². The van der Waals surface area contributed by atoms with E-state index in [-0.39, 0.29) is 12.5 Å². The molecule has 3 unspecified atom stereocenters. The zero-order valence-corrected chi connectivity index (χ0v) is 12.0. The van der Waals surface area contributed by atoms with Gasteiger partial charge in [-0.25, -0.2) is 0 Å². The van der Waals surface area contributed by atoms with E-state index in [1.54, 1.807) is 24.3 Å². The van der Waals surface area contributed by atoms with Gasteiger partial charge in [0, 0.05) is 12.1 Å². The van der Waals surface area contributed by atoms with Gasteiger partial charge in [0.05, 0.1) is 17.6 Å². The molecule has 5 heteroatoms. The van der Waals surface area contributed by atoms with Crippen molar-refractivity contribution in [1.82, 2.24) is 5.32 Å². The molecule has 1 aromatic rings. The lowest BCUT2D eigenvalue weighted by molar-refractivity contribution is -0.189. The fourth-order valence-corrected chi connectivity index (χ4v) is 2.99. The number of benzene rings is 1. The Bertz CT molecular complexity index is 502. The predicted octanol–water partition coefficient (Wildman–Crippen LogP) is 4.33. The monoisotopic (exact) mass is 296 g/mol. The Hall–Kier alpha value is -1.54. The highest BCUT2D eigenvalue weighted by atomic mass is 19.4. The second-order valence-electron chi connectivity index (χ2n) is 5.66. The molecule has 0 radical (unpaired) electrons. The molecule has 1 saturated carbocycles. The zero-order valence-electron chi connectivity index (χ0n) is 12.0. The minimum Gasteiger partial charge on any atom is -0.307 e. The van der Waals surface area contributed by atoms with Gasteiger partial charge in [-0.1, -0.05) is 25.0 Å². The molecule has 0 aromatic heterocycles. The van der Waals surface area contributed by atoms with Crippen LogP contribution in [0.25, 0.3) is 0 Å². The van der Waals surface area contributed by atoms with Crippen molar-refractivity contribution in [1.29, 1.82) is 5.26 Å². The molecule has 0 saturated heterocycles. The van der Waals surface area contributed by atoms with Gasteiger partial charge in [0.2, 0.25) is 0 Å². The summed E-state index contributed by atoms with van der Waals surface area (Å²) in [5.74, 6) is -1.26. The van der Waals surface area contributed by atoms with Gasteiger partial charge >= 0.3 is 6.18 Å². The van der Waals surface area contributed by atoms with Crippen LogP contribution in [0, 0.1) is 17.2 Å². The predicted molar refractivity (Wildman–Crippen MR) is 74.5 cm³/mol. The molecule has 0 amide bonds. The van der Waals surface area contributed by atoms with Crippen LogP contribution in [0.3, 0.4) is 0 Å². The van der Waals surface area contributed by atoms with E-state index in [1.165, 1.54) is 0 Å². The topological polar surface area (TPSA) is 35.8 Å². The molecule has 1 aromatic carbocycles. The van der Waals surface area contributed by atoms with E-state index in [1.807, 2.05) is 13.0 Å². The number of nitriles is 1. The van der Waals surface area contributed by atoms with Crippen molar-refractivity contribution >= 4 is 0 Å². The molecule has 3 atom stereocenters. The maximum Gasteiger partial charge on any atom is 0.393 e. The number of nitrogens with one attached hydrogen (secondary N) is 1. The van der Waals surface area contributed by atoms with Crippen LogP contribution in [0.1, 0.15) is 49.8 Å². The van der Waals surface area contributed by atoms with Gasteiger partial charge < -0.3 is 5.32 Å². The van der Waals surface area contributed by atoms with Gasteiger partial charge in [0.25, 0.3) is 0 Å². The summed E-state index contributed by atoms with van der Waals surface area (Å²) in [7, 11) is 0. The summed E-state index contributed by atoms with van der Waals surface area (Å²) in [6, 6.07) is 8.31. The summed E-state index contributed by atoms with van der Waals surface area (Å²) < 4.78 is 39.2. The van der Waals surface area contributed by atoms with E-state index in [2.05, 4.69) is 5.32 Å². The van der Waals surface area contributed by atoms with Crippen molar-refractivity contribution < 1.29 is 13.2 Å². The lowest BCUT2D eigenvalue weighted by atomic mass is 9.83. The minimum atomic E-state index is -4.14. The normalized spacial score (nSPS) is 24.3. The number of hydrogen-bond donors (Lipinski definition) is 1. The molecule has 2 nitrogen and oxygen atoms in total. The largest absolute Gasteiger partial charge is 0.393 e. The lowest BCUT2D eigenvalue weighted by Crippen LogP contribution is -2.46. The van der Waals surface area contributed by atoms with E-state index in [0.717, 1.165) is 12.0 Å². The van der Waals surface area contributed by atoms with E-state index in [9.17, 15) is 13.2 Å². The van der Waals surface area contributed by atoms with Crippen molar-refractivity contribution in [2.24, 2.45) is 5.92 Å². The average molecular weight is 296 g/mol. The number of halogens is 3. The van der Waals surface area contributed by atoms with Gasteiger partial charge in [0.15, 0.2) is 0 Å². The minimum absolute atomic E-state index is 0.161. The fraction of sp³-hybridized carbons (Fsp3) is 0.562. The van der Waals surface area contributed by atoms with Crippen LogP contribution in [0.15, 0.2) is 24.3 Å². The number of hydrogen-bond acceptors (Lipinski definition) is 2. The molecular formula is C16H19F3N2. The maximum atomic E-state index is 13.1. The van der Waals surface area contributed by atoms with Gasteiger partial charge in [-0.3, -0.25) is 0 Å². The number of rotatable bonds is 3. The highest BCUT2D eigenvalue weighted by Crippen LogP contribution is 2.38. The summed E-state index contributed by atoms with van der Waals surface area (Å²) in [5, 5.41) is 11.9. The highest BCUT2D eigenvalue weighted by Gasteiger charge is 2.45. The summed E-state index contributed by atoms with van der Waals surface area (Å²) >= 11 is 0. The Morgan fingerprint density at radius 1 is 1.19 bits per heavy atom. The number of alkyl halides is 3. The Balaban J connectivity index is 2.06. The summed E-state index contributed by atoms with van der Waals surface area (Å²) in [6.45, 7) is 1.86. The Kier molecular flexibility index (Phi) is 4.89. The smallest absolute Gasteiger partial charge is 0.307 e. The third-order valence-electron chi connectivity index (χ3n) is 4.19. The van der Waals surface area contributed by atoms with Gasteiger partial charge in [0.1, 0.15) is 0 Å². The van der Waals surface area contributed by atoms with Crippen molar-refractivity contribution in [2.45, 2.75) is 50.9 Å². The standard InChI is InChI=1S/C16H19F3N2/c1-11(13-8-6-12(10-20)7-9-13)21-15-5-3-2-4-14(15)16(17,18)19/h6-9,11,14-15,21H,2-5H2,1H3. The first kappa shape index (κ1) is 15.8. The van der Waals surface area contributed by atoms with Crippen LogP contribution in [0.5, 0.6) is 0 Å². The van der Waals surface area contributed by atoms with Gasteiger partial charge in [-0.2, -0.15) is 18.4 Å². The van der Waals surface area contributed by atoms with E-state index >= 15 is 0 Å². The third-order valence-corrected chi connectivity index (χ3v) is 4.19. The van der Waals surface area contributed by atoms with Crippen LogP contribution in [-0.4, -0.2) is 12.2 Å². The molecule has 0 heterocycles. The first-order chi connectivity index (χ1) is 9.91. The molecule has 2 rings (SSSR count). The van der Waals surface area contributed by atoms with Crippen molar-refractivity contribution in [3.63, 3.8) is 0 Å². The second-order valence-corrected chi connectivity index (χ2v) is 5.66. The Morgan fingerprint density at radius 2 is 1.81 bits per heavy atom. The molecule has 0 bridgehead atoms. The first-order valence-corrected chi connectivity index (χ1v) is 7.24. The molecule has 114 valence electrons. The third kappa shape index (κ3) is 3.98. The second kappa shape index (κ2) is 6.48. The highest BCUT2D eigenvalue weighted by molar-refractivity contribution is 5.32. The molecule has 0 aliphatic heterocycles. The van der Waals surface area contributed by atoms with Crippen LogP contribution < -0.4 is 5.32 Å². The molecule has 0 spiro atoms. The van der Waals surface area contributed by atoms with Crippen LogP contribution >= 0.6 is 0 Å². The van der Waals surface area contributed by atoms with Crippen molar-refractivity contribution in [3.05, 3.63) is 35.4 Å². The SMILES string of the molecule is CC(NC1CCCCC1C(F)(F)F)c1ccc(C#N)cc1.